The maximum atomic E-state index is 9.76. The van der Waals surface area contributed by atoms with Gasteiger partial charge in [-0.3, -0.25) is 0 Å². The van der Waals surface area contributed by atoms with Crippen molar-refractivity contribution < 1.29 is 5.11 Å². The fourth-order valence-corrected chi connectivity index (χ4v) is 4.43. The van der Waals surface area contributed by atoms with Crippen LogP contribution in [0.3, 0.4) is 0 Å². The second-order valence-corrected chi connectivity index (χ2v) is 8.91. The first-order valence-electron chi connectivity index (χ1n) is 8.61. The van der Waals surface area contributed by atoms with Gasteiger partial charge in [0.2, 0.25) is 0 Å². The smallest absolute Gasteiger partial charge is 0.167 e. The largest absolute Gasteiger partial charge is 0.508 e. The van der Waals surface area contributed by atoms with Gasteiger partial charge in [-0.15, -0.1) is 22.7 Å². The highest BCUT2D eigenvalue weighted by Gasteiger charge is 2.04. The fraction of sp³-hybridized carbons (Fsp3) is 0.0435. The van der Waals surface area contributed by atoms with Crippen molar-refractivity contribution in [3.63, 3.8) is 0 Å². The molecular formula is C23H14N2OS3. The van der Waals surface area contributed by atoms with E-state index in [1.807, 2.05) is 48.0 Å². The standard InChI is InChI=1S/C23H14N2OS3/c1-16-12-19(4-5-21(16)26)29-20-14-17(2-6-22-24-8-10-27-22)13-18(15-20)3-7-23-25-9-11-28-23/h4-5,8-15,26H,1H3. The SMILES string of the molecule is Cc1cc(Sc2cc(C#Cc3nccs3)cc(C#Cc3nccs3)c2)ccc1O. The van der Waals surface area contributed by atoms with Crippen molar-refractivity contribution in [2.45, 2.75) is 16.7 Å². The van der Waals surface area contributed by atoms with Gasteiger partial charge >= 0.3 is 0 Å². The van der Waals surface area contributed by atoms with Crippen LogP contribution in [0, 0.1) is 30.6 Å². The Morgan fingerprint density at radius 3 is 1.93 bits per heavy atom. The maximum Gasteiger partial charge on any atom is 0.167 e. The summed E-state index contributed by atoms with van der Waals surface area (Å²) < 4.78 is 0. The maximum absolute atomic E-state index is 9.76. The average Bonchev–Trinajstić information content (AvgIpc) is 3.42. The van der Waals surface area contributed by atoms with E-state index >= 15 is 0 Å². The summed E-state index contributed by atoms with van der Waals surface area (Å²) in [5.74, 6) is 12.9. The minimum absolute atomic E-state index is 0.299. The lowest BCUT2D eigenvalue weighted by molar-refractivity contribution is 0.470. The van der Waals surface area contributed by atoms with Gasteiger partial charge < -0.3 is 5.11 Å². The summed E-state index contributed by atoms with van der Waals surface area (Å²) in [5, 5.41) is 15.2. The topological polar surface area (TPSA) is 46.0 Å². The minimum Gasteiger partial charge on any atom is -0.508 e. The van der Waals surface area contributed by atoms with E-state index in [2.05, 4.69) is 33.6 Å². The molecule has 3 nitrogen and oxygen atoms in total. The number of nitrogens with zero attached hydrogens (tertiary/aromatic N) is 2. The molecule has 0 spiro atoms. The van der Waals surface area contributed by atoms with Gasteiger partial charge in [0.1, 0.15) is 5.75 Å². The van der Waals surface area contributed by atoms with Crippen LogP contribution >= 0.6 is 34.4 Å². The second-order valence-electron chi connectivity index (χ2n) is 5.97. The number of aryl methyl sites for hydroxylation is 1. The molecule has 0 aliphatic rings. The van der Waals surface area contributed by atoms with Crippen LogP contribution in [0.4, 0.5) is 0 Å². The number of hydrogen-bond donors (Lipinski definition) is 1. The molecule has 0 aliphatic carbocycles. The van der Waals surface area contributed by atoms with Crippen molar-refractivity contribution in [1.29, 1.82) is 0 Å². The third-order valence-electron chi connectivity index (χ3n) is 3.80. The van der Waals surface area contributed by atoms with E-state index in [0.717, 1.165) is 36.5 Å². The predicted octanol–water partition coefficient (Wildman–Crippen LogP) is 5.56. The normalized spacial score (nSPS) is 9.97. The van der Waals surface area contributed by atoms with Gasteiger partial charge in [0.15, 0.2) is 10.0 Å². The molecule has 0 unspecified atom stereocenters. The molecule has 2 aromatic carbocycles. The summed E-state index contributed by atoms with van der Waals surface area (Å²) in [6.45, 7) is 1.89. The molecule has 0 saturated carbocycles. The Morgan fingerprint density at radius 1 is 0.793 bits per heavy atom. The summed E-state index contributed by atoms with van der Waals surface area (Å²) >= 11 is 4.65. The Hall–Kier alpha value is -3.03. The zero-order valence-electron chi connectivity index (χ0n) is 15.3. The highest BCUT2D eigenvalue weighted by atomic mass is 32.2. The molecule has 0 radical (unpaired) electrons. The zero-order valence-corrected chi connectivity index (χ0v) is 17.8. The van der Waals surface area contributed by atoms with Crippen LogP contribution in [-0.2, 0) is 0 Å². The summed E-state index contributed by atoms with van der Waals surface area (Å²) in [5.41, 5.74) is 2.60. The van der Waals surface area contributed by atoms with Gasteiger partial charge in [0.05, 0.1) is 0 Å². The highest BCUT2D eigenvalue weighted by molar-refractivity contribution is 7.99. The van der Waals surface area contributed by atoms with E-state index in [-0.39, 0.29) is 0 Å². The Morgan fingerprint density at radius 2 is 1.41 bits per heavy atom. The summed E-state index contributed by atoms with van der Waals surface area (Å²) in [6, 6.07) is 11.7. The Labute approximate surface area is 181 Å². The molecule has 6 heteroatoms. The van der Waals surface area contributed by atoms with Gasteiger partial charge in [-0.25, -0.2) is 9.97 Å². The molecule has 29 heavy (non-hydrogen) atoms. The minimum atomic E-state index is 0.299. The van der Waals surface area contributed by atoms with E-state index < -0.39 is 0 Å². The lowest BCUT2D eigenvalue weighted by Gasteiger charge is -2.06. The number of phenols is 1. The highest BCUT2D eigenvalue weighted by Crippen LogP contribution is 2.32. The van der Waals surface area contributed by atoms with Gasteiger partial charge in [-0.05, 0) is 60.7 Å². The van der Waals surface area contributed by atoms with Crippen LogP contribution in [0.5, 0.6) is 5.75 Å². The molecule has 0 saturated heterocycles. The molecule has 0 amide bonds. The summed E-state index contributed by atoms with van der Waals surface area (Å²) in [4.78, 5) is 10.5. The fourth-order valence-electron chi connectivity index (χ4n) is 2.45. The Balaban J connectivity index is 1.69. The second kappa shape index (κ2) is 8.98. The number of thiazole rings is 2. The number of phenolic OH excluding ortho intramolecular Hbond substituents is 1. The first kappa shape index (κ1) is 19.3. The number of aromatic nitrogens is 2. The van der Waals surface area contributed by atoms with Crippen molar-refractivity contribution in [2.24, 2.45) is 0 Å². The van der Waals surface area contributed by atoms with Gasteiger partial charge in [-0.2, -0.15) is 0 Å². The van der Waals surface area contributed by atoms with E-state index in [0.29, 0.717) is 5.75 Å². The number of aromatic hydroxyl groups is 1. The van der Waals surface area contributed by atoms with E-state index in [9.17, 15) is 5.11 Å². The van der Waals surface area contributed by atoms with Crippen LogP contribution in [-0.4, -0.2) is 15.1 Å². The molecule has 1 N–H and O–H groups in total. The quantitative estimate of drug-likeness (QED) is 0.423. The van der Waals surface area contributed by atoms with Crippen LogP contribution < -0.4 is 0 Å². The first-order chi connectivity index (χ1) is 14.2. The van der Waals surface area contributed by atoms with Crippen LogP contribution in [0.15, 0.2) is 69.3 Å². The van der Waals surface area contributed by atoms with Gasteiger partial charge in [0.25, 0.3) is 0 Å². The molecule has 0 atom stereocenters. The molecule has 0 fully saturated rings. The van der Waals surface area contributed by atoms with E-state index in [1.54, 1.807) is 30.2 Å². The van der Waals surface area contributed by atoms with Crippen LogP contribution in [0.1, 0.15) is 26.7 Å². The van der Waals surface area contributed by atoms with E-state index in [1.165, 1.54) is 22.7 Å². The van der Waals surface area contributed by atoms with Crippen molar-refractivity contribution in [2.75, 3.05) is 0 Å². The van der Waals surface area contributed by atoms with Gasteiger partial charge in [-0.1, -0.05) is 23.6 Å². The summed E-state index contributed by atoms with van der Waals surface area (Å²) in [7, 11) is 0. The molecule has 0 aliphatic heterocycles. The third kappa shape index (κ3) is 5.28. The van der Waals surface area contributed by atoms with Crippen molar-refractivity contribution in [3.05, 3.63) is 86.3 Å². The average molecular weight is 431 g/mol. The number of benzene rings is 2. The lowest BCUT2D eigenvalue weighted by Crippen LogP contribution is -1.84. The number of rotatable bonds is 2. The third-order valence-corrected chi connectivity index (χ3v) is 6.14. The molecule has 0 bridgehead atoms. The molecule has 2 aromatic heterocycles. The predicted molar refractivity (Wildman–Crippen MR) is 120 cm³/mol. The molecule has 140 valence electrons. The monoisotopic (exact) mass is 430 g/mol. The zero-order chi connectivity index (χ0) is 20.1. The van der Waals surface area contributed by atoms with Crippen molar-refractivity contribution in [3.8, 4) is 29.4 Å². The molecule has 4 rings (SSSR count). The molecular weight excluding hydrogens is 416 g/mol. The van der Waals surface area contributed by atoms with E-state index in [4.69, 9.17) is 0 Å². The summed E-state index contributed by atoms with van der Waals surface area (Å²) in [6.07, 6.45) is 3.50. The molecule has 4 aromatic rings. The van der Waals surface area contributed by atoms with Crippen molar-refractivity contribution >= 4 is 34.4 Å². The van der Waals surface area contributed by atoms with Crippen LogP contribution in [0.25, 0.3) is 0 Å². The molecule has 2 heterocycles. The van der Waals surface area contributed by atoms with Crippen LogP contribution in [0.2, 0.25) is 0 Å². The Bertz CT molecular complexity index is 1180. The lowest BCUT2D eigenvalue weighted by atomic mass is 10.1. The Kier molecular flexibility index (Phi) is 5.97. The first-order valence-corrected chi connectivity index (χ1v) is 11.2. The number of hydrogen-bond acceptors (Lipinski definition) is 6. The van der Waals surface area contributed by atoms with Crippen molar-refractivity contribution in [1.82, 2.24) is 9.97 Å². The van der Waals surface area contributed by atoms with Gasteiger partial charge in [0, 0.05) is 44.1 Å².